The second-order valence-electron chi connectivity index (χ2n) is 6.94. The Morgan fingerprint density at radius 1 is 0.931 bits per heavy atom. The van der Waals surface area contributed by atoms with E-state index in [1.54, 1.807) is 0 Å². The topological polar surface area (TPSA) is 71.3 Å². The van der Waals surface area contributed by atoms with Crippen LogP contribution < -0.4 is 10.6 Å². The smallest absolute Gasteiger partial charge is 0.224 e. The van der Waals surface area contributed by atoms with E-state index in [1.807, 2.05) is 80.6 Å². The minimum atomic E-state index is -0.116. The van der Waals surface area contributed by atoms with Gasteiger partial charge >= 0.3 is 0 Å². The Labute approximate surface area is 171 Å². The van der Waals surface area contributed by atoms with Crippen molar-refractivity contribution in [3.63, 3.8) is 0 Å². The van der Waals surface area contributed by atoms with Crippen LogP contribution in [0.2, 0.25) is 0 Å². The van der Waals surface area contributed by atoms with Crippen LogP contribution in [0.15, 0.2) is 71.1 Å². The number of anilines is 1. The van der Waals surface area contributed by atoms with Crippen molar-refractivity contribution >= 4 is 17.5 Å². The van der Waals surface area contributed by atoms with E-state index in [9.17, 15) is 9.59 Å². The highest BCUT2D eigenvalue weighted by Gasteiger charge is 2.12. The summed E-state index contributed by atoms with van der Waals surface area (Å²) in [6, 6.07) is 21.2. The lowest BCUT2D eigenvalue weighted by Gasteiger charge is -2.15. The second kappa shape index (κ2) is 9.73. The lowest BCUT2D eigenvalue weighted by Crippen LogP contribution is -2.26. The number of carbonyl (C=O) groups is 2. The summed E-state index contributed by atoms with van der Waals surface area (Å²) in [7, 11) is 0. The zero-order chi connectivity index (χ0) is 20.6. The van der Waals surface area contributed by atoms with Gasteiger partial charge in [0.05, 0.1) is 6.04 Å². The monoisotopic (exact) mass is 390 g/mol. The third-order valence-electron chi connectivity index (χ3n) is 4.71. The molecule has 29 heavy (non-hydrogen) atoms. The van der Waals surface area contributed by atoms with E-state index in [4.69, 9.17) is 4.42 Å². The summed E-state index contributed by atoms with van der Waals surface area (Å²) < 4.78 is 5.85. The normalized spacial score (nSPS) is 11.7. The molecule has 1 aromatic heterocycles. The van der Waals surface area contributed by atoms with Crippen LogP contribution in [0.4, 0.5) is 5.69 Å². The van der Waals surface area contributed by atoms with Gasteiger partial charge in [0.2, 0.25) is 11.8 Å². The van der Waals surface area contributed by atoms with Gasteiger partial charge in [-0.05, 0) is 36.8 Å². The van der Waals surface area contributed by atoms with Crippen LogP contribution in [0.3, 0.4) is 0 Å². The summed E-state index contributed by atoms with van der Waals surface area (Å²) in [5.41, 5.74) is 2.76. The number of rotatable bonds is 8. The zero-order valence-corrected chi connectivity index (χ0v) is 16.8. The van der Waals surface area contributed by atoms with Crippen LogP contribution in [0.5, 0.6) is 0 Å². The van der Waals surface area contributed by atoms with Gasteiger partial charge in [0.15, 0.2) is 0 Å². The zero-order valence-electron chi connectivity index (χ0n) is 16.8. The first-order valence-electron chi connectivity index (χ1n) is 9.88. The Balaban J connectivity index is 1.49. The fourth-order valence-electron chi connectivity index (χ4n) is 3.01. The Kier molecular flexibility index (Phi) is 6.85. The van der Waals surface area contributed by atoms with Crippen molar-refractivity contribution in [1.29, 1.82) is 0 Å². The molecule has 1 atom stereocenters. The molecule has 150 valence electrons. The van der Waals surface area contributed by atoms with Gasteiger partial charge < -0.3 is 15.1 Å². The molecule has 1 unspecified atom stereocenters. The number of benzene rings is 2. The number of hydrogen-bond acceptors (Lipinski definition) is 3. The highest BCUT2D eigenvalue weighted by molar-refractivity contribution is 5.90. The van der Waals surface area contributed by atoms with Crippen molar-refractivity contribution in [1.82, 2.24) is 5.32 Å². The van der Waals surface area contributed by atoms with Crippen molar-refractivity contribution < 1.29 is 14.0 Å². The molecule has 2 N–H and O–H groups in total. The van der Waals surface area contributed by atoms with Gasteiger partial charge in [-0.1, -0.05) is 49.4 Å². The predicted molar refractivity (Wildman–Crippen MR) is 114 cm³/mol. The Morgan fingerprint density at radius 2 is 1.66 bits per heavy atom. The van der Waals surface area contributed by atoms with Crippen molar-refractivity contribution in [2.24, 2.45) is 0 Å². The quantitative estimate of drug-likeness (QED) is 0.562. The molecule has 0 fully saturated rings. The Hall–Kier alpha value is -3.34. The highest BCUT2D eigenvalue weighted by atomic mass is 16.3. The molecule has 0 saturated carbocycles. The minimum absolute atomic E-state index is 0.0209. The van der Waals surface area contributed by atoms with Gasteiger partial charge in [-0.2, -0.15) is 0 Å². The van der Waals surface area contributed by atoms with E-state index in [-0.39, 0.29) is 17.9 Å². The molecule has 3 aromatic rings. The van der Waals surface area contributed by atoms with Gasteiger partial charge in [0.25, 0.3) is 0 Å². The molecule has 2 aromatic carbocycles. The summed E-state index contributed by atoms with van der Waals surface area (Å²) in [6.45, 7) is 3.75. The van der Waals surface area contributed by atoms with Crippen LogP contribution in [0.25, 0.3) is 11.3 Å². The van der Waals surface area contributed by atoms with E-state index in [2.05, 4.69) is 10.6 Å². The van der Waals surface area contributed by atoms with Crippen molar-refractivity contribution in [3.8, 4) is 11.3 Å². The molecule has 0 bridgehead atoms. The molecule has 0 aliphatic rings. The molecule has 5 nitrogen and oxygen atoms in total. The van der Waals surface area contributed by atoms with E-state index >= 15 is 0 Å². The van der Waals surface area contributed by atoms with Crippen LogP contribution in [-0.4, -0.2) is 11.8 Å². The van der Waals surface area contributed by atoms with Gasteiger partial charge in [-0.15, -0.1) is 0 Å². The largest absolute Gasteiger partial charge is 0.461 e. The average Bonchev–Trinajstić information content (AvgIpc) is 3.22. The number of aryl methyl sites for hydroxylation is 1. The van der Waals surface area contributed by atoms with E-state index < -0.39 is 0 Å². The Bertz CT molecular complexity index is 946. The SMILES string of the molecule is CCC(=O)Nc1ccc(C(C)NC(=O)CCc2ccc(-c3ccccc3)o2)cc1. The maximum absolute atomic E-state index is 12.3. The lowest BCUT2D eigenvalue weighted by atomic mass is 10.1. The highest BCUT2D eigenvalue weighted by Crippen LogP contribution is 2.22. The number of nitrogens with one attached hydrogen (secondary N) is 2. The van der Waals surface area contributed by atoms with Crippen LogP contribution in [0.1, 0.15) is 44.1 Å². The predicted octanol–water partition coefficient (Wildman–Crippen LogP) is 5.11. The summed E-state index contributed by atoms with van der Waals surface area (Å²) in [5, 5.41) is 5.82. The van der Waals surface area contributed by atoms with E-state index in [0.717, 1.165) is 28.3 Å². The molecule has 5 heteroatoms. The third kappa shape index (κ3) is 5.82. The molecule has 0 aliphatic carbocycles. The maximum atomic E-state index is 12.3. The van der Waals surface area contributed by atoms with Gasteiger partial charge in [-0.25, -0.2) is 0 Å². The molecule has 0 radical (unpaired) electrons. The molecular weight excluding hydrogens is 364 g/mol. The van der Waals surface area contributed by atoms with Gasteiger partial charge in [0, 0.05) is 30.5 Å². The number of furan rings is 1. The molecule has 3 rings (SSSR count). The Morgan fingerprint density at radius 3 is 2.34 bits per heavy atom. The summed E-state index contributed by atoms with van der Waals surface area (Å²) in [4.78, 5) is 23.8. The fourth-order valence-corrected chi connectivity index (χ4v) is 3.01. The first-order valence-corrected chi connectivity index (χ1v) is 9.88. The fraction of sp³-hybridized carbons (Fsp3) is 0.250. The second-order valence-corrected chi connectivity index (χ2v) is 6.94. The van der Waals surface area contributed by atoms with Gasteiger partial charge in [-0.3, -0.25) is 9.59 Å². The van der Waals surface area contributed by atoms with Gasteiger partial charge in [0.1, 0.15) is 11.5 Å². The number of amides is 2. The summed E-state index contributed by atoms with van der Waals surface area (Å²) in [5.74, 6) is 1.55. The van der Waals surface area contributed by atoms with Crippen LogP contribution in [0, 0.1) is 0 Å². The lowest BCUT2D eigenvalue weighted by molar-refractivity contribution is -0.121. The van der Waals surface area contributed by atoms with E-state index in [1.165, 1.54) is 0 Å². The molecule has 0 saturated heterocycles. The summed E-state index contributed by atoms with van der Waals surface area (Å²) in [6.07, 6.45) is 1.35. The number of hydrogen-bond donors (Lipinski definition) is 2. The molecule has 2 amide bonds. The molecule has 0 aliphatic heterocycles. The first kappa shape index (κ1) is 20.4. The average molecular weight is 390 g/mol. The van der Waals surface area contributed by atoms with Crippen molar-refractivity contribution in [2.45, 2.75) is 39.2 Å². The van der Waals surface area contributed by atoms with E-state index in [0.29, 0.717) is 19.3 Å². The minimum Gasteiger partial charge on any atom is -0.461 e. The third-order valence-corrected chi connectivity index (χ3v) is 4.71. The van der Waals surface area contributed by atoms with Crippen molar-refractivity contribution in [3.05, 3.63) is 78.1 Å². The molecular formula is C24H26N2O3. The summed E-state index contributed by atoms with van der Waals surface area (Å²) >= 11 is 0. The van der Waals surface area contributed by atoms with Crippen molar-refractivity contribution in [2.75, 3.05) is 5.32 Å². The maximum Gasteiger partial charge on any atom is 0.224 e. The molecule has 1 heterocycles. The first-order chi connectivity index (χ1) is 14.0. The van der Waals surface area contributed by atoms with Crippen LogP contribution in [-0.2, 0) is 16.0 Å². The molecule has 0 spiro atoms. The number of carbonyl (C=O) groups excluding carboxylic acids is 2. The standard InChI is InChI=1S/C24H26N2O3/c1-3-23(27)26-20-11-9-18(10-12-20)17(2)25-24(28)16-14-21-13-15-22(29-21)19-7-5-4-6-8-19/h4-13,15,17H,3,14,16H2,1-2H3,(H,25,28)(H,26,27). The van der Waals surface area contributed by atoms with Crippen LogP contribution >= 0.6 is 0 Å².